The molecule has 3 N–H and O–H groups in total. The molecule has 0 spiro atoms. The lowest BCUT2D eigenvalue weighted by Gasteiger charge is -2.10. The van der Waals surface area contributed by atoms with Gasteiger partial charge in [-0.05, 0) is 63.6 Å². The predicted molar refractivity (Wildman–Crippen MR) is 133 cm³/mol. The van der Waals surface area contributed by atoms with Gasteiger partial charge in [0.25, 0.3) is 5.91 Å². The van der Waals surface area contributed by atoms with Crippen LogP contribution in [-0.2, 0) is 19.1 Å². The van der Waals surface area contributed by atoms with Gasteiger partial charge in [0.1, 0.15) is 11.5 Å². The van der Waals surface area contributed by atoms with Crippen LogP contribution in [0.15, 0.2) is 53.6 Å². The molecule has 0 heterocycles. The van der Waals surface area contributed by atoms with Gasteiger partial charge in [-0.25, -0.2) is 5.43 Å². The van der Waals surface area contributed by atoms with E-state index in [2.05, 4.69) is 21.2 Å². The number of nitrogens with zero attached hydrogens (tertiary/aromatic N) is 1. The van der Waals surface area contributed by atoms with Crippen molar-refractivity contribution in [3.8, 4) is 11.5 Å². The minimum atomic E-state index is -0.890. The van der Waals surface area contributed by atoms with Gasteiger partial charge < -0.3 is 24.8 Å². The van der Waals surface area contributed by atoms with Crippen LogP contribution >= 0.6 is 0 Å². The molecule has 35 heavy (non-hydrogen) atoms. The second kappa shape index (κ2) is 15.1. The minimum absolute atomic E-state index is 0.114. The van der Waals surface area contributed by atoms with Crippen LogP contribution in [0.1, 0.15) is 32.8 Å². The fraction of sp³-hybridized carbons (Fsp3) is 0.360. The van der Waals surface area contributed by atoms with Gasteiger partial charge >= 0.3 is 11.8 Å². The Morgan fingerprint density at radius 1 is 1.00 bits per heavy atom. The van der Waals surface area contributed by atoms with Crippen molar-refractivity contribution >= 4 is 29.6 Å². The zero-order chi connectivity index (χ0) is 25.5. The van der Waals surface area contributed by atoms with Crippen molar-refractivity contribution in [1.82, 2.24) is 10.7 Å². The molecule has 0 fully saturated rings. The Hall–Kier alpha value is -3.92. The average molecular weight is 485 g/mol. The summed E-state index contributed by atoms with van der Waals surface area (Å²) in [5.41, 5.74) is 3.31. The zero-order valence-corrected chi connectivity index (χ0v) is 20.2. The second-order valence-corrected chi connectivity index (χ2v) is 7.56. The van der Waals surface area contributed by atoms with Crippen LogP contribution in [0.2, 0.25) is 0 Å². The van der Waals surface area contributed by atoms with Crippen molar-refractivity contribution in [1.29, 1.82) is 0 Å². The Bertz CT molecular complexity index is 992. The number of carbonyl (C=O) groups excluding carboxylic acids is 3. The molecule has 0 radical (unpaired) electrons. The quantitative estimate of drug-likeness (QED) is 0.174. The van der Waals surface area contributed by atoms with E-state index < -0.39 is 11.8 Å². The minimum Gasteiger partial charge on any atom is -0.494 e. The topological polar surface area (TPSA) is 127 Å². The van der Waals surface area contributed by atoms with E-state index in [9.17, 15) is 14.4 Å². The fourth-order valence-electron chi connectivity index (χ4n) is 2.74. The normalized spacial score (nSPS) is 10.7. The molecule has 0 aliphatic heterocycles. The average Bonchev–Trinajstić information content (AvgIpc) is 2.84. The third-order valence-corrected chi connectivity index (χ3v) is 4.36. The number of anilines is 1. The highest BCUT2D eigenvalue weighted by Gasteiger charge is 2.12. The van der Waals surface area contributed by atoms with Gasteiger partial charge in [0.2, 0.25) is 0 Å². The van der Waals surface area contributed by atoms with E-state index in [1.807, 2.05) is 20.8 Å². The summed E-state index contributed by atoms with van der Waals surface area (Å²) in [6, 6.07) is 13.9. The summed E-state index contributed by atoms with van der Waals surface area (Å²) in [4.78, 5) is 35.9. The smallest absolute Gasteiger partial charge is 0.329 e. The van der Waals surface area contributed by atoms with E-state index >= 15 is 0 Å². The molecule has 2 aromatic carbocycles. The standard InChI is InChI=1S/C25H32N4O6/c1-4-33-21-12-10-20(11-13-21)28-23(30)17-35-22-9-6-5-8-19(22)16-27-29-25(32)24(31)26-14-7-15-34-18(2)3/h5-6,8-13,16,18H,4,7,14-15,17H2,1-3H3,(H,26,31)(H,28,30)(H,29,32)/b27-16-. The van der Waals surface area contributed by atoms with E-state index in [0.717, 1.165) is 5.75 Å². The highest BCUT2D eigenvalue weighted by atomic mass is 16.5. The van der Waals surface area contributed by atoms with Crippen molar-refractivity contribution in [2.75, 3.05) is 31.7 Å². The van der Waals surface area contributed by atoms with Crippen molar-refractivity contribution in [2.45, 2.75) is 33.3 Å². The number of carbonyl (C=O) groups is 3. The fourth-order valence-corrected chi connectivity index (χ4v) is 2.74. The summed E-state index contributed by atoms with van der Waals surface area (Å²) in [6.07, 6.45) is 2.04. The zero-order valence-electron chi connectivity index (χ0n) is 20.2. The van der Waals surface area contributed by atoms with Gasteiger partial charge in [0, 0.05) is 24.4 Å². The molecule has 2 aromatic rings. The van der Waals surface area contributed by atoms with Crippen LogP contribution in [0, 0.1) is 0 Å². The number of hydrogen-bond donors (Lipinski definition) is 3. The molecule has 2 rings (SSSR count). The third kappa shape index (κ3) is 10.7. The number of nitrogens with one attached hydrogen (secondary N) is 3. The summed E-state index contributed by atoms with van der Waals surface area (Å²) in [5, 5.41) is 9.04. The first-order valence-electron chi connectivity index (χ1n) is 11.4. The first kappa shape index (κ1) is 27.3. The van der Waals surface area contributed by atoms with E-state index in [-0.39, 0.29) is 18.6 Å². The lowest BCUT2D eigenvalue weighted by atomic mass is 10.2. The molecule has 0 saturated heterocycles. The molecule has 188 valence electrons. The Morgan fingerprint density at radius 3 is 2.46 bits per heavy atom. The number of hydrogen-bond acceptors (Lipinski definition) is 7. The van der Waals surface area contributed by atoms with Crippen LogP contribution in [0.4, 0.5) is 5.69 Å². The van der Waals surface area contributed by atoms with Gasteiger partial charge in [-0.15, -0.1) is 0 Å². The Morgan fingerprint density at radius 2 is 1.74 bits per heavy atom. The van der Waals surface area contributed by atoms with Gasteiger partial charge in [-0.3, -0.25) is 14.4 Å². The summed E-state index contributed by atoms with van der Waals surface area (Å²) >= 11 is 0. The number of hydrazone groups is 1. The largest absolute Gasteiger partial charge is 0.494 e. The van der Waals surface area contributed by atoms with Crippen molar-refractivity contribution in [3.05, 3.63) is 54.1 Å². The van der Waals surface area contributed by atoms with Crippen LogP contribution in [-0.4, -0.2) is 56.4 Å². The maximum atomic E-state index is 12.2. The molecule has 0 aliphatic carbocycles. The Labute approximate surface area is 205 Å². The maximum absolute atomic E-state index is 12.2. The molecule has 0 aromatic heterocycles. The molecule has 10 heteroatoms. The van der Waals surface area contributed by atoms with E-state index in [0.29, 0.717) is 43.2 Å². The van der Waals surface area contributed by atoms with Crippen molar-refractivity contribution in [2.24, 2.45) is 5.10 Å². The molecule has 0 atom stereocenters. The van der Waals surface area contributed by atoms with E-state index in [1.165, 1.54) is 6.21 Å². The van der Waals surface area contributed by atoms with Crippen LogP contribution in [0.25, 0.3) is 0 Å². The summed E-state index contributed by atoms with van der Waals surface area (Å²) in [6.45, 7) is 6.88. The van der Waals surface area contributed by atoms with Crippen LogP contribution in [0.3, 0.4) is 0 Å². The summed E-state index contributed by atoms with van der Waals surface area (Å²) < 4.78 is 16.3. The first-order valence-corrected chi connectivity index (χ1v) is 11.4. The molecule has 3 amide bonds. The monoisotopic (exact) mass is 484 g/mol. The Balaban J connectivity index is 1.79. The van der Waals surface area contributed by atoms with Crippen molar-refractivity contribution in [3.63, 3.8) is 0 Å². The molecule has 0 unspecified atom stereocenters. The van der Waals surface area contributed by atoms with Gasteiger partial charge in [-0.1, -0.05) is 12.1 Å². The SMILES string of the molecule is CCOc1ccc(NC(=O)COc2ccccc2/C=N\NC(=O)C(=O)NCCCOC(C)C)cc1. The highest BCUT2D eigenvalue weighted by molar-refractivity contribution is 6.35. The molecule has 0 aliphatic rings. The molecule has 0 saturated carbocycles. The second-order valence-electron chi connectivity index (χ2n) is 7.56. The number of para-hydroxylation sites is 1. The number of benzene rings is 2. The van der Waals surface area contributed by atoms with Gasteiger partial charge in [0.15, 0.2) is 6.61 Å². The van der Waals surface area contributed by atoms with Crippen LogP contribution in [0.5, 0.6) is 11.5 Å². The van der Waals surface area contributed by atoms with E-state index in [1.54, 1.807) is 48.5 Å². The summed E-state index contributed by atoms with van der Waals surface area (Å²) in [7, 11) is 0. The molecule has 0 bridgehead atoms. The van der Waals surface area contributed by atoms with Crippen LogP contribution < -0.4 is 25.5 Å². The van der Waals surface area contributed by atoms with Crippen molar-refractivity contribution < 1.29 is 28.6 Å². The third-order valence-electron chi connectivity index (χ3n) is 4.36. The first-order chi connectivity index (χ1) is 16.9. The van der Waals surface area contributed by atoms with Gasteiger partial charge in [0.05, 0.1) is 18.9 Å². The Kier molecular flexibility index (Phi) is 11.8. The lowest BCUT2D eigenvalue weighted by Crippen LogP contribution is -2.38. The predicted octanol–water partition coefficient (Wildman–Crippen LogP) is 2.48. The number of rotatable bonds is 13. The van der Waals surface area contributed by atoms with Gasteiger partial charge in [-0.2, -0.15) is 5.10 Å². The maximum Gasteiger partial charge on any atom is 0.329 e. The summed E-state index contributed by atoms with van der Waals surface area (Å²) in [5.74, 6) is -0.913. The van der Waals surface area contributed by atoms with E-state index in [4.69, 9.17) is 14.2 Å². The molecular weight excluding hydrogens is 452 g/mol. The molecule has 10 nitrogen and oxygen atoms in total. The highest BCUT2D eigenvalue weighted by Crippen LogP contribution is 2.17. The molecular formula is C25H32N4O6. The number of ether oxygens (including phenoxy) is 3. The lowest BCUT2D eigenvalue weighted by molar-refractivity contribution is -0.139. The number of amides is 3.